The summed E-state index contributed by atoms with van der Waals surface area (Å²) in [5.41, 5.74) is 2.92. The minimum absolute atomic E-state index is 0.129. The molecule has 1 aliphatic rings. The summed E-state index contributed by atoms with van der Waals surface area (Å²) in [6.07, 6.45) is 0. The Morgan fingerprint density at radius 1 is 1.15 bits per heavy atom. The van der Waals surface area contributed by atoms with Crippen LogP contribution in [0, 0.1) is 11.3 Å². The molecule has 1 atom stereocenters. The average Bonchev–Trinajstić information content (AvgIpc) is 3.18. The van der Waals surface area contributed by atoms with Crippen molar-refractivity contribution in [1.82, 2.24) is 4.90 Å². The molecule has 2 aromatic carbocycles. The minimum atomic E-state index is -0.511. The van der Waals surface area contributed by atoms with Crippen LogP contribution < -0.4 is 5.32 Å². The highest BCUT2D eigenvalue weighted by Crippen LogP contribution is 2.25. The Labute approximate surface area is 163 Å². The largest absolute Gasteiger partial charge is 0.324 e. The van der Waals surface area contributed by atoms with E-state index in [1.54, 1.807) is 40.9 Å². The van der Waals surface area contributed by atoms with Gasteiger partial charge >= 0.3 is 0 Å². The van der Waals surface area contributed by atoms with Crippen LogP contribution in [0.4, 0.5) is 5.69 Å². The summed E-state index contributed by atoms with van der Waals surface area (Å²) < 4.78 is 0. The maximum Gasteiger partial charge on any atom is 0.255 e. The van der Waals surface area contributed by atoms with Gasteiger partial charge in [0.1, 0.15) is 6.04 Å². The van der Waals surface area contributed by atoms with E-state index in [4.69, 9.17) is 5.26 Å². The van der Waals surface area contributed by atoms with E-state index < -0.39 is 6.04 Å². The first-order chi connectivity index (χ1) is 13.0. The predicted octanol–water partition coefficient (Wildman–Crippen LogP) is 3.84. The van der Waals surface area contributed by atoms with Crippen LogP contribution in [0.3, 0.4) is 0 Å². The highest BCUT2D eigenvalue weighted by Gasteiger charge is 2.35. The standard InChI is InChI=1S/C21H21N3O2S/c1-14(2)16-5-7-17(8-6-16)21(26)24-13-27-12-19(24)20(25)23-18-9-3-15(11-22)4-10-18/h3-10,14,19H,12-13H2,1-2H3,(H,23,25). The third-order valence-corrected chi connectivity index (χ3v) is 5.56. The summed E-state index contributed by atoms with van der Waals surface area (Å²) >= 11 is 1.57. The quantitative estimate of drug-likeness (QED) is 0.876. The van der Waals surface area contributed by atoms with Crippen LogP contribution in [-0.2, 0) is 4.79 Å². The van der Waals surface area contributed by atoms with Gasteiger partial charge in [0.25, 0.3) is 5.91 Å². The lowest BCUT2D eigenvalue weighted by atomic mass is 10.0. The Kier molecular flexibility index (Phi) is 5.82. The zero-order valence-electron chi connectivity index (χ0n) is 15.3. The fourth-order valence-electron chi connectivity index (χ4n) is 2.89. The summed E-state index contributed by atoms with van der Waals surface area (Å²) in [7, 11) is 0. The lowest BCUT2D eigenvalue weighted by Gasteiger charge is -2.23. The smallest absolute Gasteiger partial charge is 0.255 e. The fourth-order valence-corrected chi connectivity index (χ4v) is 4.04. The van der Waals surface area contributed by atoms with E-state index in [0.717, 1.165) is 0 Å². The molecule has 2 aromatic rings. The first-order valence-corrected chi connectivity index (χ1v) is 9.94. The Bertz CT molecular complexity index is 870. The van der Waals surface area contributed by atoms with Crippen LogP contribution in [-0.4, -0.2) is 34.4 Å². The number of benzene rings is 2. The SMILES string of the molecule is CC(C)c1ccc(C(=O)N2CSCC2C(=O)Nc2ccc(C#N)cc2)cc1. The molecule has 3 rings (SSSR count). The molecular weight excluding hydrogens is 358 g/mol. The Hall–Kier alpha value is -2.78. The van der Waals surface area contributed by atoms with Gasteiger partial charge in [-0.15, -0.1) is 11.8 Å². The molecule has 1 unspecified atom stereocenters. The van der Waals surface area contributed by atoms with Crippen LogP contribution in [0.5, 0.6) is 0 Å². The molecule has 1 saturated heterocycles. The van der Waals surface area contributed by atoms with Crippen LogP contribution in [0.1, 0.15) is 41.3 Å². The molecule has 1 heterocycles. The maximum absolute atomic E-state index is 12.9. The number of amides is 2. The minimum Gasteiger partial charge on any atom is -0.324 e. The van der Waals surface area contributed by atoms with E-state index in [1.165, 1.54) is 5.56 Å². The summed E-state index contributed by atoms with van der Waals surface area (Å²) in [5, 5.41) is 11.7. The molecule has 0 saturated carbocycles. The second-order valence-electron chi connectivity index (χ2n) is 6.75. The molecule has 2 amide bonds. The highest BCUT2D eigenvalue weighted by atomic mass is 32.2. The van der Waals surface area contributed by atoms with Crippen LogP contribution >= 0.6 is 11.8 Å². The molecule has 1 aliphatic heterocycles. The van der Waals surface area contributed by atoms with Crippen molar-refractivity contribution in [2.45, 2.75) is 25.8 Å². The monoisotopic (exact) mass is 379 g/mol. The van der Waals surface area contributed by atoms with Gasteiger partial charge in [0.15, 0.2) is 0 Å². The third-order valence-electron chi connectivity index (χ3n) is 4.55. The predicted molar refractivity (Wildman–Crippen MR) is 108 cm³/mol. The zero-order chi connectivity index (χ0) is 19.4. The van der Waals surface area contributed by atoms with Crippen molar-refractivity contribution in [3.05, 3.63) is 65.2 Å². The van der Waals surface area contributed by atoms with Gasteiger partial charge in [-0.3, -0.25) is 9.59 Å². The molecule has 0 aliphatic carbocycles. The fraction of sp³-hybridized carbons (Fsp3) is 0.286. The number of hydrogen-bond donors (Lipinski definition) is 1. The Morgan fingerprint density at radius 3 is 2.41 bits per heavy atom. The molecule has 5 nitrogen and oxygen atoms in total. The van der Waals surface area contributed by atoms with E-state index >= 15 is 0 Å². The van der Waals surface area contributed by atoms with Crippen LogP contribution in [0.15, 0.2) is 48.5 Å². The number of carbonyl (C=O) groups is 2. The molecule has 1 N–H and O–H groups in total. The van der Waals surface area contributed by atoms with Crippen molar-refractivity contribution < 1.29 is 9.59 Å². The van der Waals surface area contributed by atoms with Gasteiger partial charge in [0.05, 0.1) is 17.5 Å². The third kappa shape index (κ3) is 4.32. The normalized spacial score (nSPS) is 16.2. The van der Waals surface area contributed by atoms with Gasteiger partial charge in [0.2, 0.25) is 5.91 Å². The number of hydrogen-bond acceptors (Lipinski definition) is 4. The summed E-state index contributed by atoms with van der Waals surface area (Å²) in [4.78, 5) is 27.2. The second-order valence-corrected chi connectivity index (χ2v) is 7.75. The topological polar surface area (TPSA) is 73.2 Å². The summed E-state index contributed by atoms with van der Waals surface area (Å²) in [6.45, 7) is 4.22. The molecule has 6 heteroatoms. The maximum atomic E-state index is 12.9. The molecule has 0 spiro atoms. The zero-order valence-corrected chi connectivity index (χ0v) is 16.1. The molecule has 0 aromatic heterocycles. The highest BCUT2D eigenvalue weighted by molar-refractivity contribution is 7.99. The van der Waals surface area contributed by atoms with Crippen molar-refractivity contribution >= 4 is 29.3 Å². The van der Waals surface area contributed by atoms with Crippen molar-refractivity contribution in [2.24, 2.45) is 0 Å². The lowest BCUT2D eigenvalue weighted by molar-refractivity contribution is -0.119. The molecule has 27 heavy (non-hydrogen) atoms. The molecule has 1 fully saturated rings. The first kappa shape index (κ1) is 19.0. The number of rotatable bonds is 4. The van der Waals surface area contributed by atoms with Crippen LogP contribution in [0.2, 0.25) is 0 Å². The van der Waals surface area contributed by atoms with E-state index in [2.05, 4.69) is 19.2 Å². The number of nitriles is 1. The van der Waals surface area contributed by atoms with E-state index in [-0.39, 0.29) is 11.8 Å². The summed E-state index contributed by atoms with van der Waals surface area (Å²) in [5.74, 6) is 1.13. The number of thioether (sulfide) groups is 1. The van der Waals surface area contributed by atoms with E-state index in [9.17, 15) is 9.59 Å². The Morgan fingerprint density at radius 2 is 1.81 bits per heavy atom. The van der Waals surface area contributed by atoms with Crippen molar-refractivity contribution in [3.8, 4) is 6.07 Å². The average molecular weight is 379 g/mol. The van der Waals surface area contributed by atoms with Gasteiger partial charge in [-0.25, -0.2) is 0 Å². The molecule has 0 radical (unpaired) electrons. The van der Waals surface area contributed by atoms with E-state index in [1.807, 2.05) is 30.3 Å². The number of anilines is 1. The van der Waals surface area contributed by atoms with Gasteiger partial charge in [-0.05, 0) is 47.9 Å². The first-order valence-electron chi connectivity index (χ1n) is 8.79. The van der Waals surface area contributed by atoms with E-state index in [0.29, 0.717) is 34.4 Å². The lowest BCUT2D eigenvalue weighted by Crippen LogP contribution is -2.44. The van der Waals surface area contributed by atoms with Gasteiger partial charge < -0.3 is 10.2 Å². The number of nitrogens with one attached hydrogen (secondary N) is 1. The second kappa shape index (κ2) is 8.28. The molecule has 0 bridgehead atoms. The number of nitrogens with zero attached hydrogens (tertiary/aromatic N) is 2. The van der Waals surface area contributed by atoms with Crippen molar-refractivity contribution in [1.29, 1.82) is 5.26 Å². The van der Waals surface area contributed by atoms with Crippen LogP contribution in [0.25, 0.3) is 0 Å². The van der Waals surface area contributed by atoms with Gasteiger partial charge in [0, 0.05) is 17.0 Å². The Balaban J connectivity index is 1.70. The van der Waals surface area contributed by atoms with Crippen molar-refractivity contribution in [3.63, 3.8) is 0 Å². The number of carbonyl (C=O) groups excluding carboxylic acids is 2. The van der Waals surface area contributed by atoms with Gasteiger partial charge in [-0.1, -0.05) is 26.0 Å². The summed E-state index contributed by atoms with van der Waals surface area (Å²) in [6, 6.07) is 15.8. The molecular formula is C21H21N3O2S. The van der Waals surface area contributed by atoms with Gasteiger partial charge in [-0.2, -0.15) is 5.26 Å². The molecule has 138 valence electrons. The van der Waals surface area contributed by atoms with Crippen molar-refractivity contribution in [2.75, 3.05) is 16.9 Å².